The zero-order valence-corrected chi connectivity index (χ0v) is 18.8. The lowest BCUT2D eigenvalue weighted by Gasteiger charge is -2.34. The zero-order chi connectivity index (χ0) is 22.6. The standard InChI is InChI=1S/C27H30N4O2/c32-26(28-24-9-4-7-21(17-24)27(33)29-23-11-12-23)19-31-15-13-30(14-16-31)18-22-8-3-6-20-5-1-2-10-25(20)22/h1-10,17,23H,11-16,18-19H2,(H,28,32)(H,29,33). The summed E-state index contributed by atoms with van der Waals surface area (Å²) in [4.78, 5) is 29.5. The van der Waals surface area contributed by atoms with E-state index < -0.39 is 0 Å². The van der Waals surface area contributed by atoms with Crippen LogP contribution in [0.1, 0.15) is 28.8 Å². The van der Waals surface area contributed by atoms with Gasteiger partial charge in [0.15, 0.2) is 0 Å². The Kier molecular flexibility index (Phi) is 6.37. The predicted molar refractivity (Wildman–Crippen MR) is 131 cm³/mol. The largest absolute Gasteiger partial charge is 0.349 e. The van der Waals surface area contributed by atoms with Crippen molar-refractivity contribution in [3.8, 4) is 0 Å². The first-order chi connectivity index (χ1) is 16.1. The highest BCUT2D eigenvalue weighted by atomic mass is 16.2. The molecule has 0 radical (unpaired) electrons. The minimum absolute atomic E-state index is 0.0442. The van der Waals surface area contributed by atoms with Crippen molar-refractivity contribution >= 4 is 28.3 Å². The van der Waals surface area contributed by atoms with Gasteiger partial charge < -0.3 is 10.6 Å². The second-order valence-corrected chi connectivity index (χ2v) is 9.07. The number of hydrogen-bond donors (Lipinski definition) is 2. The minimum atomic E-state index is -0.0732. The van der Waals surface area contributed by atoms with Gasteiger partial charge in [0, 0.05) is 50.0 Å². The molecule has 3 aromatic carbocycles. The van der Waals surface area contributed by atoms with Crippen molar-refractivity contribution in [2.24, 2.45) is 0 Å². The monoisotopic (exact) mass is 442 g/mol. The Morgan fingerprint density at radius 1 is 0.848 bits per heavy atom. The second kappa shape index (κ2) is 9.73. The number of rotatable bonds is 7. The molecule has 5 rings (SSSR count). The van der Waals surface area contributed by atoms with Crippen LogP contribution >= 0.6 is 0 Å². The Morgan fingerprint density at radius 3 is 2.39 bits per heavy atom. The molecule has 2 amide bonds. The molecule has 2 fully saturated rings. The lowest BCUT2D eigenvalue weighted by Crippen LogP contribution is -2.48. The first kappa shape index (κ1) is 21.6. The number of nitrogens with one attached hydrogen (secondary N) is 2. The molecule has 0 spiro atoms. The molecule has 2 aliphatic rings. The van der Waals surface area contributed by atoms with Gasteiger partial charge in [-0.25, -0.2) is 0 Å². The minimum Gasteiger partial charge on any atom is -0.349 e. The number of carbonyl (C=O) groups excluding carboxylic acids is 2. The van der Waals surface area contributed by atoms with Crippen molar-refractivity contribution in [2.75, 3.05) is 38.0 Å². The maximum absolute atomic E-state index is 12.6. The maximum atomic E-state index is 12.6. The van der Waals surface area contributed by atoms with E-state index in [9.17, 15) is 9.59 Å². The van der Waals surface area contributed by atoms with Crippen LogP contribution in [-0.2, 0) is 11.3 Å². The van der Waals surface area contributed by atoms with E-state index in [0.717, 1.165) is 45.6 Å². The van der Waals surface area contributed by atoms with Crippen LogP contribution in [-0.4, -0.2) is 60.4 Å². The third-order valence-electron chi connectivity index (χ3n) is 6.43. The third-order valence-corrected chi connectivity index (χ3v) is 6.43. The fourth-order valence-electron chi connectivity index (χ4n) is 4.41. The number of hydrogen-bond acceptors (Lipinski definition) is 4. The van der Waals surface area contributed by atoms with Crippen LogP contribution in [0.2, 0.25) is 0 Å². The van der Waals surface area contributed by atoms with Gasteiger partial charge in [0.05, 0.1) is 6.54 Å². The molecule has 1 aliphatic carbocycles. The van der Waals surface area contributed by atoms with E-state index in [1.54, 1.807) is 12.1 Å². The molecular formula is C27H30N4O2. The van der Waals surface area contributed by atoms with Gasteiger partial charge >= 0.3 is 0 Å². The first-order valence-corrected chi connectivity index (χ1v) is 11.8. The van der Waals surface area contributed by atoms with Crippen LogP contribution < -0.4 is 10.6 Å². The van der Waals surface area contributed by atoms with Gasteiger partial charge in [-0.05, 0) is 47.4 Å². The van der Waals surface area contributed by atoms with Crippen LogP contribution in [0.3, 0.4) is 0 Å². The number of carbonyl (C=O) groups is 2. The van der Waals surface area contributed by atoms with Crippen LogP contribution in [0, 0.1) is 0 Å². The van der Waals surface area contributed by atoms with Gasteiger partial charge in [0.2, 0.25) is 5.91 Å². The summed E-state index contributed by atoms with van der Waals surface area (Å²) in [5.41, 5.74) is 2.60. The van der Waals surface area contributed by atoms with Gasteiger partial charge in [-0.3, -0.25) is 19.4 Å². The van der Waals surface area contributed by atoms with Crippen molar-refractivity contribution in [1.82, 2.24) is 15.1 Å². The van der Waals surface area contributed by atoms with E-state index >= 15 is 0 Å². The van der Waals surface area contributed by atoms with Gasteiger partial charge in [-0.15, -0.1) is 0 Å². The maximum Gasteiger partial charge on any atom is 0.251 e. The summed E-state index contributed by atoms with van der Waals surface area (Å²) in [6.45, 7) is 4.89. The molecule has 33 heavy (non-hydrogen) atoms. The summed E-state index contributed by atoms with van der Waals surface area (Å²) in [7, 11) is 0. The lowest BCUT2D eigenvalue weighted by molar-refractivity contribution is -0.117. The average molecular weight is 443 g/mol. The quantitative estimate of drug-likeness (QED) is 0.588. The molecule has 1 saturated carbocycles. The number of nitrogens with zero attached hydrogens (tertiary/aromatic N) is 2. The molecule has 0 bridgehead atoms. The average Bonchev–Trinajstić information content (AvgIpc) is 3.65. The Balaban J connectivity index is 1.11. The molecule has 2 N–H and O–H groups in total. The summed E-state index contributed by atoms with van der Waals surface area (Å²) in [6.07, 6.45) is 2.11. The molecule has 1 saturated heterocycles. The first-order valence-electron chi connectivity index (χ1n) is 11.8. The third kappa shape index (κ3) is 5.59. The van der Waals surface area contributed by atoms with Gasteiger partial charge in [-0.2, -0.15) is 0 Å². The molecule has 1 aliphatic heterocycles. The second-order valence-electron chi connectivity index (χ2n) is 9.07. The van der Waals surface area contributed by atoms with Crippen molar-refractivity contribution in [3.05, 3.63) is 77.9 Å². The number of amides is 2. The Morgan fingerprint density at radius 2 is 1.58 bits per heavy atom. The topological polar surface area (TPSA) is 64.7 Å². The van der Waals surface area contributed by atoms with Crippen molar-refractivity contribution < 1.29 is 9.59 Å². The Labute approximate surface area is 194 Å². The summed E-state index contributed by atoms with van der Waals surface area (Å²) in [6, 6.07) is 22.5. The van der Waals surface area contributed by atoms with Gasteiger partial charge in [0.25, 0.3) is 5.91 Å². The fourth-order valence-corrected chi connectivity index (χ4v) is 4.41. The van der Waals surface area contributed by atoms with Gasteiger partial charge in [0.1, 0.15) is 0 Å². The number of fused-ring (bicyclic) bond motifs is 1. The van der Waals surface area contributed by atoms with E-state index in [0.29, 0.717) is 23.8 Å². The highest BCUT2D eigenvalue weighted by Crippen LogP contribution is 2.21. The summed E-state index contributed by atoms with van der Waals surface area (Å²) in [5.74, 6) is -0.117. The van der Waals surface area contributed by atoms with Crippen LogP contribution in [0.5, 0.6) is 0 Å². The van der Waals surface area contributed by atoms with E-state index in [2.05, 4.69) is 62.9 Å². The zero-order valence-electron chi connectivity index (χ0n) is 18.8. The number of piperazine rings is 1. The number of anilines is 1. The molecule has 0 unspecified atom stereocenters. The van der Waals surface area contributed by atoms with E-state index in [-0.39, 0.29) is 11.8 Å². The molecular weight excluding hydrogens is 412 g/mol. The Bertz CT molecular complexity index is 1140. The van der Waals surface area contributed by atoms with Crippen molar-refractivity contribution in [3.63, 3.8) is 0 Å². The van der Waals surface area contributed by atoms with E-state index in [1.165, 1.54) is 16.3 Å². The molecule has 0 atom stereocenters. The van der Waals surface area contributed by atoms with Crippen molar-refractivity contribution in [2.45, 2.75) is 25.4 Å². The van der Waals surface area contributed by atoms with Crippen LogP contribution in [0.15, 0.2) is 66.7 Å². The van der Waals surface area contributed by atoms with Crippen LogP contribution in [0.4, 0.5) is 5.69 Å². The highest BCUT2D eigenvalue weighted by Gasteiger charge is 2.24. The van der Waals surface area contributed by atoms with Crippen molar-refractivity contribution in [1.29, 1.82) is 0 Å². The molecule has 6 nitrogen and oxygen atoms in total. The molecule has 3 aromatic rings. The molecule has 6 heteroatoms. The fraction of sp³-hybridized carbons (Fsp3) is 0.333. The van der Waals surface area contributed by atoms with Crippen LogP contribution in [0.25, 0.3) is 10.8 Å². The number of benzene rings is 3. The smallest absolute Gasteiger partial charge is 0.251 e. The summed E-state index contributed by atoms with van der Waals surface area (Å²) < 4.78 is 0. The summed E-state index contributed by atoms with van der Waals surface area (Å²) in [5, 5.41) is 8.53. The summed E-state index contributed by atoms with van der Waals surface area (Å²) >= 11 is 0. The molecule has 1 heterocycles. The lowest BCUT2D eigenvalue weighted by atomic mass is 10.0. The van der Waals surface area contributed by atoms with E-state index in [4.69, 9.17) is 0 Å². The normalized spacial score (nSPS) is 17.1. The Hall–Kier alpha value is -3.22. The highest BCUT2D eigenvalue weighted by molar-refractivity contribution is 5.97. The van der Waals surface area contributed by atoms with E-state index in [1.807, 2.05) is 12.1 Å². The SMILES string of the molecule is O=C(CN1CCN(Cc2cccc3ccccc23)CC1)Nc1cccc(C(=O)NC2CC2)c1. The predicted octanol–water partition coefficient (Wildman–Crippen LogP) is 3.49. The molecule has 170 valence electrons. The van der Waals surface area contributed by atoms with Gasteiger partial charge in [-0.1, -0.05) is 48.5 Å². The molecule has 0 aromatic heterocycles.